The lowest BCUT2D eigenvalue weighted by Crippen LogP contribution is -2.17. The quantitative estimate of drug-likeness (QED) is 0.242. The molecule has 4 aromatic carbocycles. The Morgan fingerprint density at radius 3 is 2.14 bits per heavy atom. The van der Waals surface area contributed by atoms with Gasteiger partial charge in [-0.3, -0.25) is 9.59 Å². The van der Waals surface area contributed by atoms with Gasteiger partial charge in [0.15, 0.2) is 0 Å². The van der Waals surface area contributed by atoms with E-state index in [-0.39, 0.29) is 34.9 Å². The number of benzene rings is 4. The Morgan fingerprint density at radius 1 is 0.757 bits per heavy atom. The Bertz CT molecular complexity index is 1420. The van der Waals surface area contributed by atoms with Gasteiger partial charge in [-0.25, -0.2) is 4.79 Å². The minimum atomic E-state index is -0.593. The van der Waals surface area contributed by atoms with Gasteiger partial charge in [0.2, 0.25) is 0 Å². The number of ether oxygens (including phenoxy) is 3. The van der Waals surface area contributed by atoms with Gasteiger partial charge in [0.25, 0.3) is 5.91 Å². The average molecular weight is 496 g/mol. The van der Waals surface area contributed by atoms with Crippen molar-refractivity contribution in [2.24, 2.45) is 0 Å². The van der Waals surface area contributed by atoms with Crippen LogP contribution in [0.3, 0.4) is 0 Å². The Labute approximate surface area is 214 Å². The number of methoxy groups -OCH3 is 1. The Balaban J connectivity index is 1.69. The fourth-order valence-corrected chi connectivity index (χ4v) is 3.71. The van der Waals surface area contributed by atoms with Crippen molar-refractivity contribution >= 4 is 23.5 Å². The molecule has 0 radical (unpaired) electrons. The second-order valence-corrected chi connectivity index (χ2v) is 8.10. The van der Waals surface area contributed by atoms with Crippen LogP contribution in [0.2, 0.25) is 0 Å². The van der Waals surface area contributed by atoms with Gasteiger partial charge < -0.3 is 19.5 Å². The molecule has 1 amide bonds. The van der Waals surface area contributed by atoms with Crippen molar-refractivity contribution in [3.63, 3.8) is 0 Å². The highest BCUT2D eigenvalue weighted by molar-refractivity contribution is 6.10. The van der Waals surface area contributed by atoms with Gasteiger partial charge in [-0.2, -0.15) is 0 Å². The maximum absolute atomic E-state index is 13.5. The van der Waals surface area contributed by atoms with Crippen LogP contribution in [-0.4, -0.2) is 25.0 Å². The molecule has 0 aliphatic carbocycles. The zero-order chi connectivity index (χ0) is 26.2. The molecule has 0 aliphatic heterocycles. The second-order valence-electron chi connectivity index (χ2n) is 8.10. The monoisotopic (exact) mass is 495 g/mol. The molecule has 0 bridgehead atoms. The van der Waals surface area contributed by atoms with Gasteiger partial charge in [-0.1, -0.05) is 66.7 Å². The normalized spacial score (nSPS) is 10.3. The molecule has 0 heterocycles. The van der Waals surface area contributed by atoms with Crippen molar-refractivity contribution in [1.29, 1.82) is 0 Å². The van der Waals surface area contributed by atoms with Gasteiger partial charge in [-0.05, 0) is 47.0 Å². The van der Waals surface area contributed by atoms with Crippen molar-refractivity contribution in [2.75, 3.05) is 12.4 Å². The molecule has 0 saturated heterocycles. The number of rotatable bonds is 8. The van der Waals surface area contributed by atoms with Crippen LogP contribution in [0.15, 0.2) is 97.1 Å². The van der Waals surface area contributed by atoms with E-state index in [9.17, 15) is 14.4 Å². The summed E-state index contributed by atoms with van der Waals surface area (Å²) in [7, 11) is 1.27. The summed E-state index contributed by atoms with van der Waals surface area (Å²) in [5.41, 5.74) is 3.23. The van der Waals surface area contributed by atoms with Crippen LogP contribution in [0.1, 0.15) is 33.2 Å². The molecule has 1 N–H and O–H groups in total. The van der Waals surface area contributed by atoms with E-state index in [2.05, 4.69) is 5.32 Å². The van der Waals surface area contributed by atoms with Crippen LogP contribution >= 0.6 is 0 Å². The predicted molar refractivity (Wildman–Crippen MR) is 140 cm³/mol. The number of hydrogen-bond donors (Lipinski definition) is 1. The minimum Gasteiger partial charge on any atom is -0.488 e. The predicted octanol–water partition coefficient (Wildman–Crippen LogP) is 5.90. The molecular weight excluding hydrogens is 470 g/mol. The Kier molecular flexibility index (Phi) is 7.95. The summed E-state index contributed by atoms with van der Waals surface area (Å²) in [4.78, 5) is 37.5. The average Bonchev–Trinajstić information content (AvgIpc) is 2.92. The van der Waals surface area contributed by atoms with E-state index in [4.69, 9.17) is 14.2 Å². The number of amides is 1. The van der Waals surface area contributed by atoms with E-state index in [0.29, 0.717) is 0 Å². The number of esters is 2. The number of nitrogens with one attached hydrogen (secondary N) is 1. The zero-order valence-corrected chi connectivity index (χ0v) is 20.4. The third-order valence-electron chi connectivity index (χ3n) is 5.47. The lowest BCUT2D eigenvalue weighted by Gasteiger charge is -2.15. The zero-order valence-electron chi connectivity index (χ0n) is 20.4. The Morgan fingerprint density at radius 2 is 1.46 bits per heavy atom. The number of carbonyl (C=O) groups excluding carboxylic acids is 3. The molecule has 0 saturated carbocycles. The lowest BCUT2D eigenvalue weighted by molar-refractivity contribution is -0.131. The summed E-state index contributed by atoms with van der Waals surface area (Å²) in [6.45, 7) is 1.50. The summed E-state index contributed by atoms with van der Waals surface area (Å²) in [6, 6.07) is 28.7. The third kappa shape index (κ3) is 6.41. The molecule has 0 aliphatic rings. The van der Waals surface area contributed by atoms with Crippen molar-refractivity contribution in [2.45, 2.75) is 13.5 Å². The first kappa shape index (κ1) is 25.2. The molecular formula is C30H25NO6. The molecule has 0 spiro atoms. The summed E-state index contributed by atoms with van der Waals surface area (Å²) >= 11 is 0. The first-order valence-corrected chi connectivity index (χ1v) is 11.5. The van der Waals surface area contributed by atoms with Gasteiger partial charge in [0.1, 0.15) is 18.1 Å². The summed E-state index contributed by atoms with van der Waals surface area (Å²) in [5, 5.41) is 2.81. The minimum absolute atomic E-state index is 0.135. The molecule has 186 valence electrons. The molecule has 0 unspecified atom stereocenters. The highest BCUT2D eigenvalue weighted by atomic mass is 16.5. The largest absolute Gasteiger partial charge is 0.488 e. The van der Waals surface area contributed by atoms with E-state index in [0.717, 1.165) is 16.7 Å². The number of hydrogen-bond acceptors (Lipinski definition) is 6. The highest BCUT2D eigenvalue weighted by Gasteiger charge is 2.20. The van der Waals surface area contributed by atoms with Crippen molar-refractivity contribution in [3.05, 3.63) is 114 Å². The van der Waals surface area contributed by atoms with Crippen molar-refractivity contribution in [1.82, 2.24) is 0 Å². The molecule has 37 heavy (non-hydrogen) atoms. The maximum atomic E-state index is 13.5. The van der Waals surface area contributed by atoms with Gasteiger partial charge >= 0.3 is 11.9 Å². The standard InChI is InChI=1S/C30H25NO6/c1-20(32)37-24-14-16-28(36-19-21-9-5-3-6-10-21)26(18-24)29(33)31-27-17-23(22-11-7-4-8-12-22)13-15-25(27)30(34)35-2/h3-18H,19H2,1-2H3,(H,31,33). The van der Waals surface area contributed by atoms with Crippen LogP contribution < -0.4 is 14.8 Å². The van der Waals surface area contributed by atoms with Crippen LogP contribution in [0.4, 0.5) is 5.69 Å². The topological polar surface area (TPSA) is 90.9 Å². The second kappa shape index (κ2) is 11.7. The molecule has 7 nitrogen and oxygen atoms in total. The fourth-order valence-electron chi connectivity index (χ4n) is 3.71. The summed E-state index contributed by atoms with van der Waals surface area (Å²) in [6.07, 6.45) is 0. The first-order chi connectivity index (χ1) is 17.9. The number of anilines is 1. The molecule has 0 aromatic heterocycles. The molecule has 4 aromatic rings. The van der Waals surface area contributed by atoms with E-state index in [1.165, 1.54) is 20.1 Å². The fraction of sp³-hybridized carbons (Fsp3) is 0.100. The van der Waals surface area contributed by atoms with Crippen LogP contribution in [-0.2, 0) is 16.1 Å². The lowest BCUT2D eigenvalue weighted by atomic mass is 10.0. The van der Waals surface area contributed by atoms with Gasteiger partial charge in [0.05, 0.1) is 23.9 Å². The van der Waals surface area contributed by atoms with E-state index >= 15 is 0 Å². The van der Waals surface area contributed by atoms with E-state index in [1.54, 1.807) is 30.3 Å². The van der Waals surface area contributed by atoms with Crippen LogP contribution in [0.5, 0.6) is 11.5 Å². The molecule has 0 fully saturated rings. The molecule has 0 atom stereocenters. The first-order valence-electron chi connectivity index (χ1n) is 11.5. The van der Waals surface area contributed by atoms with Gasteiger partial charge in [0, 0.05) is 6.92 Å². The SMILES string of the molecule is COC(=O)c1ccc(-c2ccccc2)cc1NC(=O)c1cc(OC(C)=O)ccc1OCc1ccccc1. The Hall–Kier alpha value is -4.91. The summed E-state index contributed by atoms with van der Waals surface area (Å²) in [5.74, 6) is -1.18. The summed E-state index contributed by atoms with van der Waals surface area (Å²) < 4.78 is 16.0. The van der Waals surface area contributed by atoms with Crippen molar-refractivity contribution in [3.8, 4) is 22.6 Å². The van der Waals surface area contributed by atoms with Crippen molar-refractivity contribution < 1.29 is 28.6 Å². The van der Waals surface area contributed by atoms with Crippen LogP contribution in [0, 0.1) is 0 Å². The third-order valence-corrected chi connectivity index (χ3v) is 5.47. The molecule has 4 rings (SSSR count). The highest BCUT2D eigenvalue weighted by Crippen LogP contribution is 2.30. The number of carbonyl (C=O) groups is 3. The van der Waals surface area contributed by atoms with Gasteiger partial charge in [-0.15, -0.1) is 0 Å². The van der Waals surface area contributed by atoms with Crippen LogP contribution in [0.25, 0.3) is 11.1 Å². The smallest absolute Gasteiger partial charge is 0.339 e. The van der Waals surface area contributed by atoms with E-state index in [1.807, 2.05) is 60.7 Å². The van der Waals surface area contributed by atoms with E-state index < -0.39 is 17.8 Å². The maximum Gasteiger partial charge on any atom is 0.339 e. The molecule has 7 heteroatoms.